The Kier molecular flexibility index (Phi) is 6.71. The molecule has 0 aromatic heterocycles. The van der Waals surface area contributed by atoms with E-state index in [4.69, 9.17) is 4.74 Å². The topological polar surface area (TPSA) is 93.0 Å². The minimum Gasteiger partial charge on any atom is -0.452 e. The van der Waals surface area contributed by atoms with E-state index in [1.54, 1.807) is 11.0 Å². The van der Waals surface area contributed by atoms with Gasteiger partial charge in [-0.25, -0.2) is 4.79 Å². The molecular weight excluding hydrogens is 374 g/mol. The smallest absolute Gasteiger partial charge is 0.338 e. The lowest BCUT2D eigenvalue weighted by Crippen LogP contribution is -2.40. The van der Waals surface area contributed by atoms with E-state index in [1.165, 1.54) is 12.1 Å². The zero-order chi connectivity index (χ0) is 21.0. The number of ether oxygens (including phenoxy) is 1. The average molecular weight is 403 g/mol. The summed E-state index contributed by atoms with van der Waals surface area (Å²) >= 11 is 0. The fraction of sp³-hybridized carbons (Fsp3) is 0.619. The highest BCUT2D eigenvalue weighted by Gasteiger charge is 2.26. The Morgan fingerprint density at radius 1 is 1.07 bits per heavy atom. The third kappa shape index (κ3) is 5.25. The number of rotatable bonds is 5. The van der Waals surface area contributed by atoms with E-state index in [0.29, 0.717) is 30.6 Å². The highest BCUT2D eigenvalue weighted by Crippen LogP contribution is 2.32. The first kappa shape index (κ1) is 21.1. The van der Waals surface area contributed by atoms with Crippen LogP contribution >= 0.6 is 0 Å². The quantitative estimate of drug-likeness (QED) is 0.426. The number of carbonyl (C=O) groups is 2. The number of nitro groups is 1. The number of likely N-dealkylation sites (tertiary alicyclic amines) is 1. The summed E-state index contributed by atoms with van der Waals surface area (Å²) in [6, 6.07) is 4.40. The van der Waals surface area contributed by atoms with Crippen LogP contribution in [0.4, 0.5) is 11.4 Å². The monoisotopic (exact) mass is 403 g/mol. The van der Waals surface area contributed by atoms with E-state index >= 15 is 0 Å². The number of esters is 1. The Bertz CT molecular complexity index is 766. The summed E-state index contributed by atoms with van der Waals surface area (Å²) in [6.07, 6.45) is 3.86. The van der Waals surface area contributed by atoms with Crippen LogP contribution in [0.1, 0.15) is 49.9 Å². The van der Waals surface area contributed by atoms with Crippen LogP contribution in [0.25, 0.3) is 0 Å². The van der Waals surface area contributed by atoms with E-state index in [2.05, 4.69) is 13.8 Å². The molecule has 2 heterocycles. The molecule has 1 aromatic rings. The molecule has 8 heteroatoms. The van der Waals surface area contributed by atoms with Gasteiger partial charge in [0, 0.05) is 32.2 Å². The molecule has 0 radical (unpaired) electrons. The van der Waals surface area contributed by atoms with Gasteiger partial charge in [0.05, 0.1) is 10.5 Å². The van der Waals surface area contributed by atoms with Crippen molar-refractivity contribution in [1.29, 1.82) is 0 Å². The number of hydrogen-bond acceptors (Lipinski definition) is 6. The van der Waals surface area contributed by atoms with Crippen molar-refractivity contribution in [2.45, 2.75) is 39.5 Å². The molecule has 8 nitrogen and oxygen atoms in total. The number of carbonyl (C=O) groups excluding carboxylic acids is 2. The van der Waals surface area contributed by atoms with Crippen LogP contribution < -0.4 is 4.90 Å². The van der Waals surface area contributed by atoms with Gasteiger partial charge in [0.2, 0.25) is 0 Å². The standard InChI is InChI=1S/C21H29N3O5/c1-15-5-9-22(10-6-15)18-4-3-17(13-19(18)24(27)28)21(26)29-14-20(25)23-11-7-16(2)8-12-23/h3-4,13,15-16H,5-12,14H2,1-2H3. The predicted octanol–water partition coefficient (Wildman–Crippen LogP) is 3.25. The molecule has 0 unspecified atom stereocenters. The zero-order valence-electron chi connectivity index (χ0n) is 17.1. The van der Waals surface area contributed by atoms with Crippen molar-refractivity contribution in [3.8, 4) is 0 Å². The van der Waals surface area contributed by atoms with Gasteiger partial charge in [0.25, 0.3) is 11.6 Å². The second-order valence-corrected chi connectivity index (χ2v) is 8.27. The van der Waals surface area contributed by atoms with Crippen LogP contribution in [0.2, 0.25) is 0 Å². The molecule has 1 amide bonds. The van der Waals surface area contributed by atoms with Crippen LogP contribution in [0, 0.1) is 22.0 Å². The number of amides is 1. The number of piperidine rings is 2. The van der Waals surface area contributed by atoms with Gasteiger partial charge in [-0.2, -0.15) is 0 Å². The van der Waals surface area contributed by atoms with Crippen molar-refractivity contribution in [3.63, 3.8) is 0 Å². The summed E-state index contributed by atoms with van der Waals surface area (Å²) in [5.41, 5.74) is 0.508. The van der Waals surface area contributed by atoms with E-state index in [-0.39, 0.29) is 23.8 Å². The van der Waals surface area contributed by atoms with Gasteiger partial charge in [-0.15, -0.1) is 0 Å². The molecular formula is C21H29N3O5. The molecule has 0 spiro atoms. The van der Waals surface area contributed by atoms with Crippen LogP contribution in [-0.4, -0.2) is 54.5 Å². The third-order valence-electron chi connectivity index (χ3n) is 6.00. The molecule has 2 aliphatic rings. The molecule has 0 bridgehead atoms. The van der Waals surface area contributed by atoms with Crippen molar-refractivity contribution >= 4 is 23.3 Å². The summed E-state index contributed by atoms with van der Waals surface area (Å²) in [5.74, 6) is 0.272. The second kappa shape index (κ2) is 9.24. The lowest BCUT2D eigenvalue weighted by Gasteiger charge is -2.31. The Morgan fingerprint density at radius 2 is 1.66 bits per heavy atom. The van der Waals surface area contributed by atoms with Gasteiger partial charge >= 0.3 is 5.97 Å². The van der Waals surface area contributed by atoms with Crippen molar-refractivity contribution in [3.05, 3.63) is 33.9 Å². The molecule has 0 saturated carbocycles. The molecule has 2 aliphatic heterocycles. The van der Waals surface area contributed by atoms with Crippen LogP contribution in [0.15, 0.2) is 18.2 Å². The Hall–Kier alpha value is -2.64. The van der Waals surface area contributed by atoms with E-state index in [0.717, 1.165) is 38.8 Å². The number of benzene rings is 1. The third-order valence-corrected chi connectivity index (χ3v) is 6.00. The molecule has 29 heavy (non-hydrogen) atoms. The maximum atomic E-state index is 12.4. The maximum absolute atomic E-state index is 12.4. The van der Waals surface area contributed by atoms with Crippen LogP contribution in [0.3, 0.4) is 0 Å². The highest BCUT2D eigenvalue weighted by atomic mass is 16.6. The Morgan fingerprint density at radius 3 is 2.24 bits per heavy atom. The van der Waals surface area contributed by atoms with Gasteiger partial charge in [-0.1, -0.05) is 13.8 Å². The lowest BCUT2D eigenvalue weighted by atomic mass is 9.98. The molecule has 0 atom stereocenters. The fourth-order valence-corrected chi connectivity index (χ4v) is 3.87. The number of nitro benzene ring substituents is 1. The fourth-order valence-electron chi connectivity index (χ4n) is 3.87. The molecule has 2 saturated heterocycles. The first-order valence-corrected chi connectivity index (χ1v) is 10.3. The highest BCUT2D eigenvalue weighted by molar-refractivity contribution is 5.93. The molecule has 0 aliphatic carbocycles. The number of anilines is 1. The van der Waals surface area contributed by atoms with Gasteiger partial charge in [-0.05, 0) is 49.7 Å². The second-order valence-electron chi connectivity index (χ2n) is 8.27. The minimum atomic E-state index is -0.717. The minimum absolute atomic E-state index is 0.0888. The summed E-state index contributed by atoms with van der Waals surface area (Å²) in [4.78, 5) is 39.4. The van der Waals surface area contributed by atoms with Crippen molar-refractivity contribution in [2.24, 2.45) is 11.8 Å². The van der Waals surface area contributed by atoms with Crippen molar-refractivity contribution in [1.82, 2.24) is 4.90 Å². The molecule has 0 N–H and O–H groups in total. The zero-order valence-corrected chi connectivity index (χ0v) is 17.1. The normalized spacial score (nSPS) is 18.6. The largest absolute Gasteiger partial charge is 0.452 e. The maximum Gasteiger partial charge on any atom is 0.338 e. The Labute approximate surface area is 171 Å². The van der Waals surface area contributed by atoms with Crippen LogP contribution in [-0.2, 0) is 9.53 Å². The summed E-state index contributed by atoms with van der Waals surface area (Å²) in [5, 5.41) is 11.6. The van der Waals surface area contributed by atoms with Crippen molar-refractivity contribution < 1.29 is 19.2 Å². The van der Waals surface area contributed by atoms with Gasteiger partial charge in [-0.3, -0.25) is 14.9 Å². The first-order valence-electron chi connectivity index (χ1n) is 10.3. The van der Waals surface area contributed by atoms with Crippen molar-refractivity contribution in [2.75, 3.05) is 37.7 Å². The van der Waals surface area contributed by atoms with E-state index in [9.17, 15) is 19.7 Å². The molecule has 3 rings (SSSR count). The predicted molar refractivity (Wildman–Crippen MR) is 109 cm³/mol. The number of nitrogens with zero attached hydrogens (tertiary/aromatic N) is 3. The van der Waals surface area contributed by atoms with Crippen LogP contribution in [0.5, 0.6) is 0 Å². The van der Waals surface area contributed by atoms with E-state index < -0.39 is 10.9 Å². The van der Waals surface area contributed by atoms with Gasteiger partial charge in [0.1, 0.15) is 5.69 Å². The summed E-state index contributed by atoms with van der Waals surface area (Å²) < 4.78 is 5.14. The summed E-state index contributed by atoms with van der Waals surface area (Å²) in [7, 11) is 0. The van der Waals surface area contributed by atoms with E-state index in [1.807, 2.05) is 4.90 Å². The SMILES string of the molecule is CC1CCN(C(=O)COC(=O)c2ccc(N3CCC(C)CC3)c([N+](=O)[O-])c2)CC1. The first-order chi connectivity index (χ1) is 13.8. The van der Waals surface area contributed by atoms with Gasteiger partial charge in [0.15, 0.2) is 6.61 Å². The summed E-state index contributed by atoms with van der Waals surface area (Å²) in [6.45, 7) is 6.86. The molecule has 158 valence electrons. The number of hydrogen-bond donors (Lipinski definition) is 0. The molecule has 2 fully saturated rings. The van der Waals surface area contributed by atoms with Gasteiger partial charge < -0.3 is 14.5 Å². The Balaban J connectivity index is 1.63. The molecule has 1 aromatic carbocycles. The lowest BCUT2D eigenvalue weighted by molar-refractivity contribution is -0.384. The average Bonchev–Trinajstić information content (AvgIpc) is 2.72.